The molecule has 0 N–H and O–H groups in total. The van der Waals surface area contributed by atoms with Gasteiger partial charge < -0.3 is 4.57 Å². The molecule has 0 fully saturated rings. The number of benzene rings is 1. The van der Waals surface area contributed by atoms with Crippen molar-refractivity contribution in [1.29, 1.82) is 0 Å². The van der Waals surface area contributed by atoms with Crippen molar-refractivity contribution in [3.05, 3.63) is 39.6 Å². The standard InChI is InChI=1S/C12H13Cl2N3S/c1-3-17-8(2)15-16-12(17)18-7-9-10(13)5-4-6-11(9)14/h4-6H,3,7H2,1-2H3. The highest BCUT2D eigenvalue weighted by Crippen LogP contribution is 2.30. The average molecular weight is 302 g/mol. The minimum atomic E-state index is 0.689. The second kappa shape index (κ2) is 5.95. The van der Waals surface area contributed by atoms with Crippen LogP contribution in [0, 0.1) is 6.92 Å². The van der Waals surface area contributed by atoms with Crippen molar-refractivity contribution < 1.29 is 0 Å². The van der Waals surface area contributed by atoms with Gasteiger partial charge in [0.1, 0.15) is 5.82 Å². The fraction of sp³-hybridized carbons (Fsp3) is 0.333. The first-order chi connectivity index (χ1) is 8.63. The summed E-state index contributed by atoms with van der Waals surface area (Å²) in [5.41, 5.74) is 0.939. The Morgan fingerprint density at radius 3 is 2.50 bits per heavy atom. The predicted octanol–water partition coefficient (Wildman–Crippen LogP) is 4.21. The van der Waals surface area contributed by atoms with E-state index >= 15 is 0 Å². The lowest BCUT2D eigenvalue weighted by Gasteiger charge is -2.07. The number of hydrogen-bond acceptors (Lipinski definition) is 3. The van der Waals surface area contributed by atoms with E-state index in [-0.39, 0.29) is 0 Å². The molecule has 0 radical (unpaired) electrons. The summed E-state index contributed by atoms with van der Waals surface area (Å²) in [6.07, 6.45) is 0. The topological polar surface area (TPSA) is 30.7 Å². The van der Waals surface area contributed by atoms with Crippen LogP contribution >= 0.6 is 35.0 Å². The lowest BCUT2D eigenvalue weighted by molar-refractivity contribution is 0.662. The molecule has 0 aliphatic carbocycles. The van der Waals surface area contributed by atoms with E-state index < -0.39 is 0 Å². The van der Waals surface area contributed by atoms with Gasteiger partial charge in [0.05, 0.1) is 0 Å². The van der Waals surface area contributed by atoms with E-state index in [1.165, 1.54) is 0 Å². The predicted molar refractivity (Wildman–Crippen MR) is 76.5 cm³/mol. The Labute approximate surface area is 121 Å². The summed E-state index contributed by atoms with van der Waals surface area (Å²) < 4.78 is 2.06. The minimum Gasteiger partial charge on any atom is -0.307 e. The Bertz CT molecular complexity index is 534. The summed E-state index contributed by atoms with van der Waals surface area (Å²) in [4.78, 5) is 0. The maximum atomic E-state index is 6.13. The molecule has 0 saturated heterocycles. The molecule has 0 aliphatic heterocycles. The molecular weight excluding hydrogens is 289 g/mol. The normalized spacial score (nSPS) is 10.9. The van der Waals surface area contributed by atoms with Crippen molar-refractivity contribution in [1.82, 2.24) is 14.8 Å². The number of aryl methyl sites for hydroxylation is 1. The van der Waals surface area contributed by atoms with Crippen LogP contribution < -0.4 is 0 Å². The zero-order valence-corrected chi connectivity index (χ0v) is 12.5. The number of rotatable bonds is 4. The van der Waals surface area contributed by atoms with Crippen LogP contribution in [0.3, 0.4) is 0 Å². The van der Waals surface area contributed by atoms with Gasteiger partial charge in [0.2, 0.25) is 0 Å². The van der Waals surface area contributed by atoms with E-state index in [0.29, 0.717) is 15.8 Å². The van der Waals surface area contributed by atoms with Crippen molar-refractivity contribution in [2.24, 2.45) is 0 Å². The fourth-order valence-corrected chi connectivity index (χ4v) is 3.43. The van der Waals surface area contributed by atoms with E-state index in [1.54, 1.807) is 11.8 Å². The second-order valence-electron chi connectivity index (χ2n) is 3.76. The molecule has 1 aromatic heterocycles. The molecule has 18 heavy (non-hydrogen) atoms. The van der Waals surface area contributed by atoms with Gasteiger partial charge in [-0.1, -0.05) is 41.0 Å². The average Bonchev–Trinajstić information content (AvgIpc) is 2.69. The van der Waals surface area contributed by atoms with Crippen LogP contribution in [0.4, 0.5) is 0 Å². The molecule has 6 heteroatoms. The SMILES string of the molecule is CCn1c(C)nnc1SCc1c(Cl)cccc1Cl. The number of aromatic nitrogens is 3. The Balaban J connectivity index is 2.16. The van der Waals surface area contributed by atoms with Crippen LogP contribution in [0.2, 0.25) is 10.0 Å². The van der Waals surface area contributed by atoms with Gasteiger partial charge in [-0.3, -0.25) is 0 Å². The van der Waals surface area contributed by atoms with Gasteiger partial charge in [-0.15, -0.1) is 10.2 Å². The van der Waals surface area contributed by atoms with E-state index in [2.05, 4.69) is 21.7 Å². The number of nitrogens with zero attached hydrogens (tertiary/aromatic N) is 3. The first-order valence-corrected chi connectivity index (χ1v) is 7.33. The minimum absolute atomic E-state index is 0.689. The van der Waals surface area contributed by atoms with Crippen LogP contribution in [0.1, 0.15) is 18.3 Å². The zero-order valence-electron chi connectivity index (χ0n) is 10.2. The van der Waals surface area contributed by atoms with E-state index in [0.717, 1.165) is 23.1 Å². The third-order valence-corrected chi connectivity index (χ3v) is 4.33. The van der Waals surface area contributed by atoms with E-state index in [4.69, 9.17) is 23.2 Å². The quantitative estimate of drug-likeness (QED) is 0.793. The second-order valence-corrected chi connectivity index (χ2v) is 5.52. The summed E-state index contributed by atoms with van der Waals surface area (Å²) in [6, 6.07) is 5.54. The van der Waals surface area contributed by atoms with Crippen LogP contribution in [-0.2, 0) is 12.3 Å². The molecule has 3 nitrogen and oxygen atoms in total. The molecule has 2 rings (SSSR count). The van der Waals surface area contributed by atoms with Gasteiger partial charge in [-0.2, -0.15) is 0 Å². The maximum absolute atomic E-state index is 6.13. The molecule has 0 aliphatic rings. The zero-order chi connectivity index (χ0) is 13.1. The van der Waals surface area contributed by atoms with Crippen molar-refractivity contribution in [2.45, 2.75) is 31.3 Å². The first kappa shape index (κ1) is 13.7. The number of hydrogen-bond donors (Lipinski definition) is 0. The Hall–Kier alpha value is -0.710. The molecule has 0 atom stereocenters. The van der Waals surface area contributed by atoms with Gasteiger partial charge >= 0.3 is 0 Å². The van der Waals surface area contributed by atoms with Gasteiger partial charge in [-0.05, 0) is 31.5 Å². The molecule has 0 saturated carbocycles. The Morgan fingerprint density at radius 2 is 1.89 bits per heavy atom. The summed E-state index contributed by atoms with van der Waals surface area (Å²) in [5, 5.41) is 10.5. The van der Waals surface area contributed by atoms with Gasteiger partial charge in [-0.25, -0.2) is 0 Å². The highest BCUT2D eigenvalue weighted by atomic mass is 35.5. The van der Waals surface area contributed by atoms with Crippen LogP contribution in [0.5, 0.6) is 0 Å². The monoisotopic (exact) mass is 301 g/mol. The number of halogens is 2. The van der Waals surface area contributed by atoms with Gasteiger partial charge in [0.15, 0.2) is 5.16 Å². The van der Waals surface area contributed by atoms with Crippen LogP contribution in [-0.4, -0.2) is 14.8 Å². The third kappa shape index (κ3) is 2.82. The molecule has 96 valence electrons. The van der Waals surface area contributed by atoms with Gasteiger partial charge in [0, 0.05) is 22.3 Å². The fourth-order valence-electron chi connectivity index (χ4n) is 1.64. The molecule has 0 spiro atoms. The molecule has 0 bridgehead atoms. The van der Waals surface area contributed by atoms with Crippen molar-refractivity contribution in [3.63, 3.8) is 0 Å². The van der Waals surface area contributed by atoms with Gasteiger partial charge in [0.25, 0.3) is 0 Å². The molecule has 0 amide bonds. The highest BCUT2D eigenvalue weighted by Gasteiger charge is 2.11. The number of thioether (sulfide) groups is 1. The van der Waals surface area contributed by atoms with E-state index in [9.17, 15) is 0 Å². The highest BCUT2D eigenvalue weighted by molar-refractivity contribution is 7.98. The van der Waals surface area contributed by atoms with Crippen molar-refractivity contribution >= 4 is 35.0 Å². The van der Waals surface area contributed by atoms with Crippen LogP contribution in [0.25, 0.3) is 0 Å². The molecule has 1 heterocycles. The summed E-state index contributed by atoms with van der Waals surface area (Å²) >= 11 is 13.9. The molecule has 2 aromatic rings. The summed E-state index contributed by atoms with van der Waals surface area (Å²) in [5.74, 6) is 1.61. The third-order valence-electron chi connectivity index (χ3n) is 2.63. The Kier molecular flexibility index (Phi) is 4.54. The van der Waals surface area contributed by atoms with E-state index in [1.807, 2.05) is 25.1 Å². The first-order valence-electron chi connectivity index (χ1n) is 5.59. The lowest BCUT2D eigenvalue weighted by atomic mass is 10.2. The van der Waals surface area contributed by atoms with Crippen molar-refractivity contribution in [3.8, 4) is 0 Å². The maximum Gasteiger partial charge on any atom is 0.191 e. The Morgan fingerprint density at radius 1 is 1.22 bits per heavy atom. The van der Waals surface area contributed by atoms with Crippen molar-refractivity contribution in [2.75, 3.05) is 0 Å². The summed E-state index contributed by atoms with van der Waals surface area (Å²) in [6.45, 7) is 4.88. The summed E-state index contributed by atoms with van der Waals surface area (Å²) in [7, 11) is 0. The smallest absolute Gasteiger partial charge is 0.191 e. The molecule has 0 unspecified atom stereocenters. The van der Waals surface area contributed by atoms with Crippen LogP contribution in [0.15, 0.2) is 23.4 Å². The largest absolute Gasteiger partial charge is 0.307 e. The lowest BCUT2D eigenvalue weighted by Crippen LogP contribution is -1.99. The molecule has 1 aromatic carbocycles. The molecular formula is C12H13Cl2N3S.